The molecule has 0 aromatic heterocycles. The molecule has 1 aliphatic rings. The molecule has 1 N–H and O–H groups in total. The molecule has 0 saturated heterocycles. The molecule has 1 amide bonds. The molecule has 104 valence electrons. The number of rotatable bonds is 4. The Balaban J connectivity index is 1.98. The van der Waals surface area contributed by atoms with Crippen molar-refractivity contribution in [3.05, 3.63) is 29.8 Å². The van der Waals surface area contributed by atoms with Gasteiger partial charge in [0.05, 0.1) is 7.11 Å². The first-order valence-corrected chi connectivity index (χ1v) is 7.87. The summed E-state index contributed by atoms with van der Waals surface area (Å²) < 4.78 is 5.10. The number of halogens is 1. The lowest BCUT2D eigenvalue weighted by Crippen LogP contribution is -2.42. The number of methoxy groups -OCH3 is 1. The molecule has 19 heavy (non-hydrogen) atoms. The molecule has 3 nitrogen and oxygen atoms in total. The van der Waals surface area contributed by atoms with E-state index in [0.29, 0.717) is 17.5 Å². The second kappa shape index (κ2) is 6.94. The summed E-state index contributed by atoms with van der Waals surface area (Å²) in [4.78, 5) is 12.2. The normalized spacial score (nSPS) is 22.8. The predicted octanol–water partition coefficient (Wildman–Crippen LogP) is 3.38. The Morgan fingerprint density at radius 3 is 2.63 bits per heavy atom. The number of amides is 1. The Hall–Kier alpha value is -1.03. The molecule has 1 aromatic rings. The van der Waals surface area contributed by atoms with Crippen LogP contribution in [-0.2, 0) is 0 Å². The fourth-order valence-electron chi connectivity index (χ4n) is 2.58. The molecule has 0 bridgehead atoms. The van der Waals surface area contributed by atoms with Gasteiger partial charge in [0.25, 0.3) is 5.91 Å². The Kier molecular flexibility index (Phi) is 5.25. The van der Waals surface area contributed by atoms with Crippen LogP contribution in [0.5, 0.6) is 5.75 Å². The van der Waals surface area contributed by atoms with Gasteiger partial charge in [-0.1, -0.05) is 28.8 Å². The maximum atomic E-state index is 12.2. The number of hydrogen-bond donors (Lipinski definition) is 1. The van der Waals surface area contributed by atoms with Crippen molar-refractivity contribution in [3.8, 4) is 5.75 Å². The minimum absolute atomic E-state index is 0.0144. The lowest BCUT2D eigenvalue weighted by Gasteiger charge is -2.31. The van der Waals surface area contributed by atoms with E-state index in [-0.39, 0.29) is 5.91 Å². The van der Waals surface area contributed by atoms with E-state index in [1.54, 1.807) is 19.2 Å². The van der Waals surface area contributed by atoms with Crippen molar-refractivity contribution in [2.24, 2.45) is 5.92 Å². The summed E-state index contributed by atoms with van der Waals surface area (Å²) >= 11 is 3.55. The highest BCUT2D eigenvalue weighted by Crippen LogP contribution is 2.26. The molecule has 0 heterocycles. The van der Waals surface area contributed by atoms with E-state index >= 15 is 0 Å². The number of carbonyl (C=O) groups is 1. The van der Waals surface area contributed by atoms with Gasteiger partial charge in [0.2, 0.25) is 0 Å². The lowest BCUT2D eigenvalue weighted by atomic mass is 9.86. The quantitative estimate of drug-likeness (QED) is 0.862. The number of benzene rings is 1. The SMILES string of the molecule is COc1ccc(C(=O)NC2CCCCC2CBr)cc1. The first kappa shape index (κ1) is 14.4. The molecule has 2 rings (SSSR count). The van der Waals surface area contributed by atoms with Crippen molar-refractivity contribution in [1.82, 2.24) is 5.32 Å². The fourth-order valence-corrected chi connectivity index (χ4v) is 3.35. The van der Waals surface area contributed by atoms with Crippen molar-refractivity contribution in [1.29, 1.82) is 0 Å². The second-order valence-corrected chi connectivity index (χ2v) is 5.65. The van der Waals surface area contributed by atoms with Crippen LogP contribution in [-0.4, -0.2) is 24.4 Å². The highest BCUT2D eigenvalue weighted by molar-refractivity contribution is 9.09. The molecule has 0 spiro atoms. The van der Waals surface area contributed by atoms with Crippen LogP contribution in [0.2, 0.25) is 0 Å². The van der Waals surface area contributed by atoms with Crippen LogP contribution in [0, 0.1) is 5.92 Å². The maximum Gasteiger partial charge on any atom is 0.251 e. The van der Waals surface area contributed by atoms with Gasteiger partial charge in [-0.15, -0.1) is 0 Å². The summed E-state index contributed by atoms with van der Waals surface area (Å²) in [6.45, 7) is 0. The van der Waals surface area contributed by atoms with Gasteiger partial charge < -0.3 is 10.1 Å². The van der Waals surface area contributed by atoms with Gasteiger partial charge in [-0.05, 0) is 43.0 Å². The van der Waals surface area contributed by atoms with Crippen LogP contribution in [0.4, 0.5) is 0 Å². The summed E-state index contributed by atoms with van der Waals surface area (Å²) in [6.07, 6.45) is 4.75. The van der Waals surface area contributed by atoms with Crippen LogP contribution in [0.15, 0.2) is 24.3 Å². The van der Waals surface area contributed by atoms with Crippen molar-refractivity contribution in [2.75, 3.05) is 12.4 Å². The van der Waals surface area contributed by atoms with E-state index < -0.39 is 0 Å². The highest BCUT2D eigenvalue weighted by atomic mass is 79.9. The molecule has 1 aliphatic carbocycles. The van der Waals surface area contributed by atoms with Gasteiger partial charge in [-0.25, -0.2) is 0 Å². The second-order valence-electron chi connectivity index (χ2n) is 5.01. The summed E-state index contributed by atoms with van der Waals surface area (Å²) in [5.41, 5.74) is 0.694. The zero-order valence-corrected chi connectivity index (χ0v) is 12.8. The summed E-state index contributed by atoms with van der Waals surface area (Å²) in [5.74, 6) is 1.34. The third-order valence-corrected chi connectivity index (χ3v) is 4.61. The molecule has 1 saturated carbocycles. The monoisotopic (exact) mass is 325 g/mol. The van der Waals surface area contributed by atoms with Gasteiger partial charge >= 0.3 is 0 Å². The van der Waals surface area contributed by atoms with E-state index in [4.69, 9.17) is 4.74 Å². The van der Waals surface area contributed by atoms with Gasteiger partial charge in [0.1, 0.15) is 5.75 Å². The van der Waals surface area contributed by atoms with E-state index in [2.05, 4.69) is 21.2 Å². The van der Waals surface area contributed by atoms with Crippen LogP contribution < -0.4 is 10.1 Å². The standard InChI is InChI=1S/C15H20BrNO2/c1-19-13-8-6-11(7-9-13)15(18)17-14-5-3-2-4-12(14)10-16/h6-9,12,14H,2-5,10H2,1H3,(H,17,18). The average Bonchev–Trinajstić information content (AvgIpc) is 2.48. The Labute approximate surface area is 122 Å². The minimum atomic E-state index is 0.0144. The smallest absolute Gasteiger partial charge is 0.251 e. The summed E-state index contributed by atoms with van der Waals surface area (Å²) in [7, 11) is 1.62. The third-order valence-electron chi connectivity index (χ3n) is 3.78. The summed E-state index contributed by atoms with van der Waals surface area (Å²) in [5, 5.41) is 4.12. The predicted molar refractivity (Wildman–Crippen MR) is 80.0 cm³/mol. The van der Waals surface area contributed by atoms with Crippen LogP contribution in [0.25, 0.3) is 0 Å². The zero-order valence-electron chi connectivity index (χ0n) is 11.2. The number of carbonyl (C=O) groups excluding carboxylic acids is 1. The Morgan fingerprint density at radius 1 is 1.32 bits per heavy atom. The number of ether oxygens (including phenoxy) is 1. The molecule has 2 atom stereocenters. The Morgan fingerprint density at radius 2 is 2.00 bits per heavy atom. The van der Waals surface area contributed by atoms with E-state index in [1.807, 2.05) is 12.1 Å². The third kappa shape index (κ3) is 3.72. The maximum absolute atomic E-state index is 12.2. The summed E-state index contributed by atoms with van der Waals surface area (Å²) in [6, 6.07) is 7.54. The number of nitrogens with one attached hydrogen (secondary N) is 1. The van der Waals surface area contributed by atoms with Crippen LogP contribution in [0.1, 0.15) is 36.0 Å². The van der Waals surface area contributed by atoms with Crippen molar-refractivity contribution < 1.29 is 9.53 Å². The molecule has 1 fully saturated rings. The first-order chi connectivity index (χ1) is 9.24. The van der Waals surface area contributed by atoms with E-state index in [0.717, 1.165) is 17.5 Å². The van der Waals surface area contributed by atoms with E-state index in [1.165, 1.54) is 19.3 Å². The van der Waals surface area contributed by atoms with Crippen LogP contribution >= 0.6 is 15.9 Å². The molecular formula is C15H20BrNO2. The van der Waals surface area contributed by atoms with Gasteiger partial charge in [-0.2, -0.15) is 0 Å². The zero-order chi connectivity index (χ0) is 13.7. The largest absolute Gasteiger partial charge is 0.497 e. The lowest BCUT2D eigenvalue weighted by molar-refractivity contribution is 0.0911. The highest BCUT2D eigenvalue weighted by Gasteiger charge is 2.25. The molecular weight excluding hydrogens is 306 g/mol. The van der Waals surface area contributed by atoms with Gasteiger partial charge in [0.15, 0.2) is 0 Å². The minimum Gasteiger partial charge on any atom is -0.497 e. The molecule has 0 aliphatic heterocycles. The first-order valence-electron chi connectivity index (χ1n) is 6.75. The van der Waals surface area contributed by atoms with E-state index in [9.17, 15) is 4.79 Å². The fraction of sp³-hybridized carbons (Fsp3) is 0.533. The molecule has 4 heteroatoms. The molecule has 1 aromatic carbocycles. The average molecular weight is 326 g/mol. The Bertz CT molecular complexity index is 419. The molecule has 2 unspecified atom stereocenters. The van der Waals surface area contributed by atoms with Crippen molar-refractivity contribution in [3.63, 3.8) is 0 Å². The van der Waals surface area contributed by atoms with Crippen LogP contribution in [0.3, 0.4) is 0 Å². The number of alkyl halides is 1. The topological polar surface area (TPSA) is 38.3 Å². The number of hydrogen-bond acceptors (Lipinski definition) is 2. The van der Waals surface area contributed by atoms with Gasteiger partial charge in [0, 0.05) is 16.9 Å². The molecule has 0 radical (unpaired) electrons. The van der Waals surface area contributed by atoms with Gasteiger partial charge in [-0.3, -0.25) is 4.79 Å². The van der Waals surface area contributed by atoms with Crippen molar-refractivity contribution in [2.45, 2.75) is 31.7 Å². The van der Waals surface area contributed by atoms with Crippen molar-refractivity contribution >= 4 is 21.8 Å².